The molecule has 30 heavy (non-hydrogen) atoms. The van der Waals surface area contributed by atoms with Crippen molar-refractivity contribution in [2.75, 3.05) is 0 Å². The first-order valence-corrected chi connectivity index (χ1v) is 13.8. The van der Waals surface area contributed by atoms with Crippen molar-refractivity contribution in [1.29, 1.82) is 0 Å². The molecule has 0 aromatic carbocycles. The highest BCUT2D eigenvalue weighted by Gasteiger charge is 2.09. The number of hydrogen-bond acceptors (Lipinski definition) is 0. The van der Waals surface area contributed by atoms with Gasteiger partial charge in [-0.2, -0.15) is 0 Å². The second kappa shape index (κ2) is 20.1. The van der Waals surface area contributed by atoms with Gasteiger partial charge in [0.25, 0.3) is 5.82 Å². The van der Waals surface area contributed by atoms with E-state index in [2.05, 4.69) is 42.7 Å². The maximum atomic E-state index is 3.46. The molecule has 2 heteroatoms. The lowest BCUT2D eigenvalue weighted by atomic mass is 10.0. The molecule has 0 unspecified atom stereocenters. The molecule has 0 aliphatic heterocycles. The highest BCUT2D eigenvalue weighted by molar-refractivity contribution is 4.77. The highest BCUT2D eigenvalue weighted by Crippen LogP contribution is 2.15. The summed E-state index contributed by atoms with van der Waals surface area (Å²) in [5.74, 6) is 2.33. The normalized spacial score (nSPS) is 11.6. The summed E-state index contributed by atoms with van der Waals surface area (Å²) in [7, 11) is 0. The number of nitrogens with zero attached hydrogens (tertiary/aromatic N) is 1. The Kier molecular flexibility index (Phi) is 18.3. The lowest BCUT2D eigenvalue weighted by Gasteiger charge is -2.05. The lowest BCUT2D eigenvalue weighted by molar-refractivity contribution is -0.703. The lowest BCUT2D eigenvalue weighted by Crippen LogP contribution is -2.36. The van der Waals surface area contributed by atoms with Crippen LogP contribution in [0.3, 0.4) is 0 Å². The number of imidazole rings is 1. The Morgan fingerprint density at radius 3 is 1.70 bits per heavy atom. The molecule has 0 fully saturated rings. The number of aryl methyl sites for hydroxylation is 2. The standard InChI is InChI=1S/C28H54N2/c1-4-5-6-21-25-30-26-24-29-28(30)23-20-18-16-14-12-10-8-7-9-11-13-15-17-19-22-27(2)3/h24,26-27H,4-23,25H2,1-3H3/p+1. The second-order valence-corrected chi connectivity index (χ2v) is 10.0. The molecule has 0 atom stereocenters. The Balaban J connectivity index is 1.82. The van der Waals surface area contributed by atoms with Gasteiger partial charge in [0, 0.05) is 6.42 Å². The average molecular weight is 420 g/mol. The Labute approximate surface area is 189 Å². The molecule has 0 amide bonds. The van der Waals surface area contributed by atoms with Gasteiger partial charge in [-0.1, -0.05) is 124 Å². The van der Waals surface area contributed by atoms with Crippen LogP contribution in [0.4, 0.5) is 0 Å². The molecule has 1 N–H and O–H groups in total. The second-order valence-electron chi connectivity index (χ2n) is 10.0. The summed E-state index contributed by atoms with van der Waals surface area (Å²) in [5, 5.41) is 0. The van der Waals surface area contributed by atoms with E-state index in [1.165, 1.54) is 141 Å². The Morgan fingerprint density at radius 2 is 1.17 bits per heavy atom. The van der Waals surface area contributed by atoms with Crippen LogP contribution in [0.1, 0.15) is 149 Å². The largest absolute Gasteiger partial charge is 0.254 e. The van der Waals surface area contributed by atoms with Crippen LogP contribution in [0.15, 0.2) is 12.4 Å². The summed E-state index contributed by atoms with van der Waals surface area (Å²) in [6.45, 7) is 8.16. The number of rotatable bonds is 22. The zero-order chi connectivity index (χ0) is 21.7. The van der Waals surface area contributed by atoms with Gasteiger partial charge >= 0.3 is 0 Å². The number of aromatic amines is 1. The van der Waals surface area contributed by atoms with Crippen LogP contribution in [0.25, 0.3) is 0 Å². The van der Waals surface area contributed by atoms with E-state index in [4.69, 9.17) is 0 Å². The monoisotopic (exact) mass is 419 g/mol. The van der Waals surface area contributed by atoms with Gasteiger partial charge in [0.1, 0.15) is 12.4 Å². The van der Waals surface area contributed by atoms with Crippen LogP contribution in [-0.2, 0) is 13.0 Å². The molecule has 0 saturated heterocycles. The molecular formula is C28H55N2+. The summed E-state index contributed by atoms with van der Waals surface area (Å²) >= 11 is 0. The smallest absolute Gasteiger partial charge is 0.248 e. The van der Waals surface area contributed by atoms with Gasteiger partial charge in [0.05, 0.1) is 6.54 Å². The van der Waals surface area contributed by atoms with E-state index in [9.17, 15) is 0 Å². The molecule has 0 bridgehead atoms. The molecule has 176 valence electrons. The molecule has 0 saturated carbocycles. The summed E-state index contributed by atoms with van der Waals surface area (Å²) in [5.41, 5.74) is 0. The van der Waals surface area contributed by atoms with Gasteiger partial charge in [-0.15, -0.1) is 0 Å². The van der Waals surface area contributed by atoms with E-state index in [0.717, 1.165) is 5.92 Å². The quantitative estimate of drug-likeness (QED) is 0.143. The minimum absolute atomic E-state index is 0.890. The molecule has 0 aliphatic rings. The maximum Gasteiger partial charge on any atom is 0.254 e. The van der Waals surface area contributed by atoms with Crippen LogP contribution in [0.5, 0.6) is 0 Å². The molecular weight excluding hydrogens is 364 g/mol. The third kappa shape index (κ3) is 16.0. The van der Waals surface area contributed by atoms with Crippen molar-refractivity contribution in [2.45, 2.75) is 156 Å². The fourth-order valence-electron chi connectivity index (χ4n) is 4.50. The first-order chi connectivity index (χ1) is 14.7. The number of aromatic nitrogens is 2. The summed E-state index contributed by atoms with van der Waals surface area (Å²) in [4.78, 5) is 3.46. The van der Waals surface area contributed by atoms with Gasteiger partial charge in [-0.05, 0) is 25.2 Å². The van der Waals surface area contributed by atoms with Crippen molar-refractivity contribution in [3.8, 4) is 0 Å². The first-order valence-electron chi connectivity index (χ1n) is 13.8. The van der Waals surface area contributed by atoms with Gasteiger partial charge in [-0.25, -0.2) is 9.55 Å². The minimum Gasteiger partial charge on any atom is -0.248 e. The molecule has 0 aliphatic carbocycles. The van der Waals surface area contributed by atoms with E-state index in [1.807, 2.05) is 0 Å². The summed E-state index contributed by atoms with van der Waals surface area (Å²) < 4.78 is 2.45. The topological polar surface area (TPSA) is 19.7 Å². The number of hydrogen-bond donors (Lipinski definition) is 1. The minimum atomic E-state index is 0.890. The summed E-state index contributed by atoms with van der Waals surface area (Å²) in [6, 6.07) is 0. The van der Waals surface area contributed by atoms with E-state index in [0.29, 0.717) is 0 Å². The SMILES string of the molecule is CCCCCC[n+]1cc[nH]c1CCCCCCCCCCCCCCCCC(C)C. The van der Waals surface area contributed by atoms with Crippen LogP contribution in [0, 0.1) is 5.92 Å². The first kappa shape index (κ1) is 27.2. The van der Waals surface area contributed by atoms with Crippen molar-refractivity contribution in [2.24, 2.45) is 5.92 Å². The number of nitrogens with one attached hydrogen (secondary N) is 1. The third-order valence-electron chi connectivity index (χ3n) is 6.55. The van der Waals surface area contributed by atoms with Crippen molar-refractivity contribution < 1.29 is 4.57 Å². The van der Waals surface area contributed by atoms with Crippen molar-refractivity contribution in [3.63, 3.8) is 0 Å². The molecule has 0 spiro atoms. The van der Waals surface area contributed by atoms with Gasteiger partial charge in [-0.3, -0.25) is 0 Å². The number of H-pyrrole nitrogens is 1. The van der Waals surface area contributed by atoms with Crippen LogP contribution in [0.2, 0.25) is 0 Å². The Morgan fingerprint density at radius 1 is 0.667 bits per heavy atom. The molecule has 1 rings (SSSR count). The van der Waals surface area contributed by atoms with E-state index >= 15 is 0 Å². The van der Waals surface area contributed by atoms with Crippen molar-refractivity contribution in [3.05, 3.63) is 18.2 Å². The van der Waals surface area contributed by atoms with Crippen LogP contribution in [-0.4, -0.2) is 4.98 Å². The van der Waals surface area contributed by atoms with E-state index in [1.54, 1.807) is 0 Å². The zero-order valence-corrected chi connectivity index (χ0v) is 21.0. The fraction of sp³-hybridized carbons (Fsp3) is 0.893. The maximum absolute atomic E-state index is 3.46. The predicted molar refractivity (Wildman–Crippen MR) is 133 cm³/mol. The fourth-order valence-corrected chi connectivity index (χ4v) is 4.50. The average Bonchev–Trinajstić information content (AvgIpc) is 3.18. The predicted octanol–water partition coefficient (Wildman–Crippen LogP) is 8.93. The third-order valence-corrected chi connectivity index (χ3v) is 6.55. The van der Waals surface area contributed by atoms with Crippen LogP contribution < -0.4 is 4.57 Å². The van der Waals surface area contributed by atoms with Crippen molar-refractivity contribution in [1.82, 2.24) is 4.98 Å². The van der Waals surface area contributed by atoms with Crippen LogP contribution >= 0.6 is 0 Å². The number of unbranched alkanes of at least 4 members (excludes halogenated alkanes) is 16. The molecule has 1 heterocycles. The van der Waals surface area contributed by atoms with Gasteiger partial charge < -0.3 is 0 Å². The Hall–Kier alpha value is -0.790. The van der Waals surface area contributed by atoms with E-state index in [-0.39, 0.29) is 0 Å². The van der Waals surface area contributed by atoms with E-state index < -0.39 is 0 Å². The molecule has 0 radical (unpaired) electrons. The van der Waals surface area contributed by atoms with Crippen molar-refractivity contribution >= 4 is 0 Å². The van der Waals surface area contributed by atoms with Gasteiger partial charge in [0.2, 0.25) is 0 Å². The molecule has 2 nitrogen and oxygen atoms in total. The van der Waals surface area contributed by atoms with Gasteiger partial charge in [0.15, 0.2) is 0 Å². The molecule has 1 aromatic rings. The summed E-state index contributed by atoms with van der Waals surface area (Å²) in [6.07, 6.45) is 32.6. The highest BCUT2D eigenvalue weighted by atomic mass is 15.1. The molecule has 1 aromatic heterocycles. The Bertz CT molecular complexity index is 463. The zero-order valence-electron chi connectivity index (χ0n) is 21.0.